The Hall–Kier alpha value is -1.56. The molecule has 1 aromatic rings. The standard InChI is InChI=1S/C8H8O2.C2H3F3O/c9-8(10)6-7-4-2-1-3-5-7;3-2(4,5)1-6/h1-5H,6H2,(H,9,10);6H,1H2. The van der Waals surface area contributed by atoms with Crippen LogP contribution in [0.1, 0.15) is 5.56 Å². The monoisotopic (exact) mass is 236 g/mol. The van der Waals surface area contributed by atoms with Crippen LogP contribution in [0.15, 0.2) is 30.3 Å². The first kappa shape index (κ1) is 14.4. The van der Waals surface area contributed by atoms with Gasteiger partial charge in [0.05, 0.1) is 6.42 Å². The van der Waals surface area contributed by atoms with Crippen LogP contribution in [0, 0.1) is 0 Å². The summed E-state index contributed by atoms with van der Waals surface area (Å²) in [6, 6.07) is 9.13. The second kappa shape index (κ2) is 6.84. The fourth-order valence-corrected chi connectivity index (χ4v) is 0.770. The summed E-state index contributed by atoms with van der Waals surface area (Å²) in [7, 11) is 0. The number of carboxylic acids is 1. The van der Waals surface area contributed by atoms with Crippen LogP contribution in [-0.2, 0) is 11.2 Å². The van der Waals surface area contributed by atoms with Crippen molar-refractivity contribution in [3.8, 4) is 0 Å². The number of halogens is 3. The summed E-state index contributed by atoms with van der Waals surface area (Å²) in [4.78, 5) is 10.2. The van der Waals surface area contributed by atoms with Gasteiger partial charge in [-0.3, -0.25) is 4.79 Å². The van der Waals surface area contributed by atoms with E-state index in [4.69, 9.17) is 10.2 Å². The van der Waals surface area contributed by atoms with E-state index in [1.165, 1.54) is 0 Å². The van der Waals surface area contributed by atoms with E-state index in [2.05, 4.69) is 0 Å². The van der Waals surface area contributed by atoms with Crippen molar-refractivity contribution in [2.45, 2.75) is 12.6 Å². The number of carboxylic acid groups (broad SMARTS) is 1. The number of rotatable bonds is 2. The molecule has 0 aliphatic carbocycles. The Bertz CT molecular complexity index is 309. The largest absolute Gasteiger partial charge is 0.481 e. The van der Waals surface area contributed by atoms with E-state index < -0.39 is 18.8 Å². The highest BCUT2D eigenvalue weighted by Gasteiger charge is 2.24. The van der Waals surface area contributed by atoms with Gasteiger partial charge in [0.25, 0.3) is 0 Å². The lowest BCUT2D eigenvalue weighted by molar-refractivity contribution is -0.159. The van der Waals surface area contributed by atoms with Crippen LogP contribution in [0.4, 0.5) is 13.2 Å². The third-order valence-electron chi connectivity index (χ3n) is 1.38. The minimum absolute atomic E-state index is 0.112. The summed E-state index contributed by atoms with van der Waals surface area (Å²) >= 11 is 0. The lowest BCUT2D eigenvalue weighted by atomic mass is 10.2. The zero-order chi connectivity index (χ0) is 12.6. The molecule has 2 N–H and O–H groups in total. The number of benzene rings is 1. The highest BCUT2D eigenvalue weighted by atomic mass is 19.4. The normalized spacial score (nSPS) is 10.2. The van der Waals surface area contributed by atoms with Gasteiger partial charge in [-0.15, -0.1) is 0 Å². The van der Waals surface area contributed by atoms with Crippen LogP contribution in [0.25, 0.3) is 0 Å². The number of alkyl halides is 3. The van der Waals surface area contributed by atoms with Crippen molar-refractivity contribution in [2.75, 3.05) is 6.61 Å². The van der Waals surface area contributed by atoms with E-state index >= 15 is 0 Å². The van der Waals surface area contributed by atoms with Crippen LogP contribution in [0.3, 0.4) is 0 Å². The SMILES string of the molecule is O=C(O)Cc1ccccc1.OCC(F)(F)F. The van der Waals surface area contributed by atoms with Gasteiger partial charge < -0.3 is 10.2 Å². The molecular weight excluding hydrogens is 225 g/mol. The summed E-state index contributed by atoms with van der Waals surface area (Å²) in [5.41, 5.74) is 0.843. The van der Waals surface area contributed by atoms with Gasteiger partial charge in [0.1, 0.15) is 6.61 Å². The first-order chi connectivity index (χ1) is 7.35. The molecule has 0 spiro atoms. The molecule has 0 bridgehead atoms. The molecule has 0 aliphatic heterocycles. The van der Waals surface area contributed by atoms with Gasteiger partial charge in [0.15, 0.2) is 0 Å². The van der Waals surface area contributed by atoms with Crippen LogP contribution in [-0.4, -0.2) is 29.0 Å². The fraction of sp³-hybridized carbons (Fsp3) is 0.300. The molecular formula is C10H11F3O3. The minimum Gasteiger partial charge on any atom is -0.481 e. The highest BCUT2D eigenvalue weighted by Crippen LogP contribution is 2.11. The Morgan fingerprint density at radius 1 is 1.19 bits per heavy atom. The molecule has 0 heterocycles. The number of carbonyl (C=O) groups is 1. The summed E-state index contributed by atoms with van der Waals surface area (Å²) in [5.74, 6) is -0.786. The molecule has 90 valence electrons. The highest BCUT2D eigenvalue weighted by molar-refractivity contribution is 5.70. The second-order valence-corrected chi connectivity index (χ2v) is 2.83. The molecule has 0 radical (unpaired) electrons. The quantitative estimate of drug-likeness (QED) is 0.823. The van der Waals surface area contributed by atoms with E-state index in [1.807, 2.05) is 18.2 Å². The maximum absolute atomic E-state index is 10.5. The van der Waals surface area contributed by atoms with Gasteiger partial charge >= 0.3 is 12.1 Å². The lowest BCUT2D eigenvalue weighted by Gasteiger charge is -1.95. The lowest BCUT2D eigenvalue weighted by Crippen LogP contribution is -2.12. The van der Waals surface area contributed by atoms with Crippen molar-refractivity contribution >= 4 is 5.97 Å². The van der Waals surface area contributed by atoms with Crippen molar-refractivity contribution in [1.82, 2.24) is 0 Å². The molecule has 1 aromatic carbocycles. The topological polar surface area (TPSA) is 57.5 Å². The van der Waals surface area contributed by atoms with Gasteiger partial charge in [0, 0.05) is 0 Å². The Morgan fingerprint density at radius 2 is 1.62 bits per heavy atom. The molecule has 0 aromatic heterocycles. The molecule has 0 atom stereocenters. The van der Waals surface area contributed by atoms with Gasteiger partial charge in [-0.2, -0.15) is 13.2 Å². The van der Waals surface area contributed by atoms with E-state index in [9.17, 15) is 18.0 Å². The molecule has 6 heteroatoms. The van der Waals surface area contributed by atoms with Crippen molar-refractivity contribution in [3.63, 3.8) is 0 Å². The molecule has 0 unspecified atom stereocenters. The van der Waals surface area contributed by atoms with E-state index in [-0.39, 0.29) is 6.42 Å². The Labute approximate surface area is 90.1 Å². The van der Waals surface area contributed by atoms with Crippen LogP contribution in [0.5, 0.6) is 0 Å². The molecule has 0 saturated heterocycles. The van der Waals surface area contributed by atoms with E-state index in [1.54, 1.807) is 12.1 Å². The molecule has 1 rings (SSSR count). The first-order valence-electron chi connectivity index (χ1n) is 4.28. The van der Waals surface area contributed by atoms with Gasteiger partial charge in [0.2, 0.25) is 0 Å². The minimum atomic E-state index is -4.40. The summed E-state index contributed by atoms with van der Waals surface area (Å²) in [5, 5.41) is 15.6. The van der Waals surface area contributed by atoms with Crippen LogP contribution >= 0.6 is 0 Å². The third kappa shape index (κ3) is 9.01. The molecule has 16 heavy (non-hydrogen) atoms. The maximum Gasteiger partial charge on any atom is 0.411 e. The number of aliphatic hydroxyl groups is 1. The Balaban J connectivity index is 0.000000325. The number of aliphatic carboxylic acids is 1. The maximum atomic E-state index is 10.5. The molecule has 0 aliphatic rings. The fourth-order valence-electron chi connectivity index (χ4n) is 0.770. The zero-order valence-electron chi connectivity index (χ0n) is 8.24. The van der Waals surface area contributed by atoms with Crippen molar-refractivity contribution < 1.29 is 28.2 Å². The summed E-state index contributed by atoms with van der Waals surface area (Å²) in [6.07, 6.45) is -4.29. The van der Waals surface area contributed by atoms with E-state index in [0.29, 0.717) is 0 Å². The Kier molecular flexibility index (Phi) is 6.17. The first-order valence-corrected chi connectivity index (χ1v) is 4.28. The summed E-state index contributed by atoms with van der Waals surface area (Å²) in [6.45, 7) is -1.73. The number of hydrogen-bond donors (Lipinski definition) is 2. The third-order valence-corrected chi connectivity index (χ3v) is 1.38. The van der Waals surface area contributed by atoms with Gasteiger partial charge in [-0.25, -0.2) is 0 Å². The smallest absolute Gasteiger partial charge is 0.411 e. The number of aliphatic hydroxyl groups excluding tert-OH is 1. The predicted octanol–water partition coefficient (Wildman–Crippen LogP) is 1.85. The molecule has 3 nitrogen and oxygen atoms in total. The average molecular weight is 236 g/mol. The molecule has 0 saturated carbocycles. The van der Waals surface area contributed by atoms with Crippen molar-refractivity contribution in [2.24, 2.45) is 0 Å². The Morgan fingerprint density at radius 3 is 1.94 bits per heavy atom. The predicted molar refractivity (Wildman–Crippen MR) is 50.9 cm³/mol. The zero-order valence-corrected chi connectivity index (χ0v) is 8.24. The van der Waals surface area contributed by atoms with Crippen LogP contribution < -0.4 is 0 Å². The second-order valence-electron chi connectivity index (χ2n) is 2.83. The van der Waals surface area contributed by atoms with Crippen LogP contribution in [0.2, 0.25) is 0 Å². The number of hydrogen-bond acceptors (Lipinski definition) is 2. The van der Waals surface area contributed by atoms with Gasteiger partial charge in [-0.05, 0) is 5.56 Å². The van der Waals surface area contributed by atoms with Crippen molar-refractivity contribution in [1.29, 1.82) is 0 Å². The van der Waals surface area contributed by atoms with E-state index in [0.717, 1.165) is 5.56 Å². The average Bonchev–Trinajstić information content (AvgIpc) is 2.18. The van der Waals surface area contributed by atoms with Crippen molar-refractivity contribution in [3.05, 3.63) is 35.9 Å². The van der Waals surface area contributed by atoms with Gasteiger partial charge in [-0.1, -0.05) is 30.3 Å². The molecule has 0 fully saturated rings. The summed E-state index contributed by atoms with van der Waals surface area (Å²) < 4.78 is 31.6. The molecule has 0 amide bonds.